The van der Waals surface area contributed by atoms with E-state index in [1.807, 2.05) is 36.4 Å². The van der Waals surface area contributed by atoms with Gasteiger partial charge in [0.05, 0.1) is 13.7 Å². The van der Waals surface area contributed by atoms with Gasteiger partial charge in [-0.3, -0.25) is 9.78 Å². The molecule has 3 rings (SSSR count). The Hall–Kier alpha value is -3.05. The molecule has 3 aromatic rings. The van der Waals surface area contributed by atoms with Gasteiger partial charge in [0.1, 0.15) is 11.5 Å². The van der Waals surface area contributed by atoms with Gasteiger partial charge < -0.3 is 14.4 Å². The van der Waals surface area contributed by atoms with Crippen LogP contribution < -0.4 is 14.4 Å². The van der Waals surface area contributed by atoms with E-state index in [0.717, 1.165) is 17.0 Å². The van der Waals surface area contributed by atoms with Crippen LogP contribution in [0.1, 0.15) is 5.56 Å². The van der Waals surface area contributed by atoms with E-state index in [-0.39, 0.29) is 12.5 Å². The zero-order valence-electron chi connectivity index (χ0n) is 14.8. The molecule has 0 radical (unpaired) electrons. The topological polar surface area (TPSA) is 51.7 Å². The van der Waals surface area contributed by atoms with Crippen LogP contribution in [-0.4, -0.2) is 24.6 Å². The Morgan fingerprint density at radius 3 is 2.37 bits per heavy atom. The first-order valence-electron chi connectivity index (χ1n) is 8.37. The predicted octanol–water partition coefficient (Wildman–Crippen LogP) is 4.36. The van der Waals surface area contributed by atoms with Crippen molar-refractivity contribution in [2.45, 2.75) is 6.54 Å². The molecule has 0 aliphatic carbocycles. The van der Waals surface area contributed by atoms with Crippen molar-refractivity contribution in [2.75, 3.05) is 18.6 Å². The molecule has 0 saturated carbocycles. The Labute approximate surface area is 163 Å². The number of hydrogen-bond donors (Lipinski definition) is 0. The van der Waals surface area contributed by atoms with Crippen LogP contribution in [0.5, 0.6) is 11.5 Å². The highest BCUT2D eigenvalue weighted by Gasteiger charge is 2.17. The van der Waals surface area contributed by atoms with Crippen molar-refractivity contribution in [2.24, 2.45) is 0 Å². The average Bonchev–Trinajstić information content (AvgIpc) is 2.72. The Bertz CT molecular complexity index is 868. The number of halogens is 1. The van der Waals surface area contributed by atoms with Crippen LogP contribution in [0.25, 0.3) is 0 Å². The Morgan fingerprint density at radius 2 is 1.74 bits per heavy atom. The smallest absolute Gasteiger partial charge is 0.265 e. The number of rotatable bonds is 7. The summed E-state index contributed by atoms with van der Waals surface area (Å²) in [5, 5.41) is 0.616. The maximum absolute atomic E-state index is 12.9. The molecule has 1 heterocycles. The van der Waals surface area contributed by atoms with Crippen LogP contribution in [0, 0.1) is 0 Å². The van der Waals surface area contributed by atoms with Crippen LogP contribution in [-0.2, 0) is 11.3 Å². The van der Waals surface area contributed by atoms with Crippen LogP contribution in [0.4, 0.5) is 5.69 Å². The van der Waals surface area contributed by atoms with Crippen molar-refractivity contribution in [3.8, 4) is 11.5 Å². The molecule has 1 aromatic heterocycles. The molecule has 2 aromatic carbocycles. The minimum atomic E-state index is -0.168. The lowest BCUT2D eigenvalue weighted by molar-refractivity contribution is -0.120. The van der Waals surface area contributed by atoms with Gasteiger partial charge in [-0.1, -0.05) is 17.7 Å². The van der Waals surface area contributed by atoms with Gasteiger partial charge in [-0.15, -0.1) is 0 Å². The number of carbonyl (C=O) groups excluding carboxylic acids is 1. The SMILES string of the molecule is COc1ccc(N(Cc2cccnc2)C(=O)COc2ccc(Cl)cc2)cc1. The van der Waals surface area contributed by atoms with Gasteiger partial charge in [0.2, 0.25) is 0 Å². The Kier molecular flexibility index (Phi) is 6.28. The maximum Gasteiger partial charge on any atom is 0.265 e. The van der Waals surface area contributed by atoms with Gasteiger partial charge in [-0.2, -0.15) is 0 Å². The van der Waals surface area contributed by atoms with Gasteiger partial charge in [0, 0.05) is 23.1 Å². The summed E-state index contributed by atoms with van der Waals surface area (Å²) in [4.78, 5) is 18.6. The number of nitrogens with zero attached hydrogens (tertiary/aromatic N) is 2. The van der Waals surface area contributed by atoms with E-state index in [1.54, 1.807) is 48.7 Å². The first kappa shape index (κ1) is 18.7. The summed E-state index contributed by atoms with van der Waals surface area (Å²) in [5.41, 5.74) is 1.68. The second kappa shape index (κ2) is 9.05. The van der Waals surface area contributed by atoms with Crippen molar-refractivity contribution in [1.82, 2.24) is 4.98 Å². The molecule has 0 saturated heterocycles. The fourth-order valence-corrected chi connectivity index (χ4v) is 2.64. The van der Waals surface area contributed by atoms with Crippen molar-refractivity contribution >= 4 is 23.2 Å². The molecule has 0 fully saturated rings. The standard InChI is InChI=1S/C21H19ClN2O3/c1-26-19-10-6-18(7-11-19)24(14-16-3-2-12-23-13-16)21(25)15-27-20-8-4-17(22)5-9-20/h2-13H,14-15H2,1H3. The lowest BCUT2D eigenvalue weighted by Gasteiger charge is -2.23. The highest BCUT2D eigenvalue weighted by molar-refractivity contribution is 6.30. The number of anilines is 1. The first-order valence-corrected chi connectivity index (χ1v) is 8.75. The summed E-state index contributed by atoms with van der Waals surface area (Å²) in [6.07, 6.45) is 3.44. The molecular formula is C21H19ClN2O3. The van der Waals surface area contributed by atoms with E-state index >= 15 is 0 Å². The van der Waals surface area contributed by atoms with E-state index in [9.17, 15) is 4.79 Å². The minimum absolute atomic E-state index is 0.0894. The molecule has 0 aliphatic heterocycles. The molecule has 0 unspecified atom stereocenters. The zero-order chi connectivity index (χ0) is 19.1. The number of methoxy groups -OCH3 is 1. The third-order valence-corrected chi connectivity index (χ3v) is 4.18. The molecule has 1 amide bonds. The molecule has 0 N–H and O–H groups in total. The molecule has 0 spiro atoms. The van der Waals surface area contributed by atoms with E-state index < -0.39 is 0 Å². The predicted molar refractivity (Wildman–Crippen MR) is 105 cm³/mol. The molecular weight excluding hydrogens is 364 g/mol. The van der Waals surface area contributed by atoms with Crippen LogP contribution in [0.15, 0.2) is 73.1 Å². The van der Waals surface area contributed by atoms with Gasteiger partial charge >= 0.3 is 0 Å². The van der Waals surface area contributed by atoms with Crippen molar-refractivity contribution in [1.29, 1.82) is 0 Å². The minimum Gasteiger partial charge on any atom is -0.497 e. The quantitative estimate of drug-likeness (QED) is 0.609. The Morgan fingerprint density at radius 1 is 1.04 bits per heavy atom. The van der Waals surface area contributed by atoms with E-state index in [1.165, 1.54) is 0 Å². The number of benzene rings is 2. The summed E-state index contributed by atoms with van der Waals surface area (Å²) < 4.78 is 10.8. The third-order valence-electron chi connectivity index (χ3n) is 3.92. The monoisotopic (exact) mass is 382 g/mol. The normalized spacial score (nSPS) is 10.3. The highest BCUT2D eigenvalue weighted by atomic mass is 35.5. The summed E-state index contributed by atoms with van der Waals surface area (Å²) in [5.74, 6) is 1.15. The van der Waals surface area contributed by atoms with E-state index in [2.05, 4.69) is 4.98 Å². The van der Waals surface area contributed by atoms with E-state index in [4.69, 9.17) is 21.1 Å². The highest BCUT2D eigenvalue weighted by Crippen LogP contribution is 2.22. The summed E-state index contributed by atoms with van der Waals surface area (Å²) >= 11 is 5.87. The largest absolute Gasteiger partial charge is 0.497 e. The number of pyridine rings is 1. The number of hydrogen-bond acceptors (Lipinski definition) is 4. The van der Waals surface area contributed by atoms with Crippen LogP contribution >= 0.6 is 11.6 Å². The van der Waals surface area contributed by atoms with Gasteiger partial charge in [-0.25, -0.2) is 0 Å². The molecule has 138 valence electrons. The van der Waals surface area contributed by atoms with Crippen LogP contribution in [0.3, 0.4) is 0 Å². The molecule has 5 nitrogen and oxygen atoms in total. The Balaban J connectivity index is 1.76. The number of aromatic nitrogens is 1. The average molecular weight is 383 g/mol. The van der Waals surface area contributed by atoms with Crippen molar-refractivity contribution in [3.63, 3.8) is 0 Å². The maximum atomic E-state index is 12.9. The van der Waals surface area contributed by atoms with Gasteiger partial charge in [-0.05, 0) is 60.2 Å². The lowest BCUT2D eigenvalue weighted by Crippen LogP contribution is -2.34. The third kappa shape index (κ3) is 5.21. The van der Waals surface area contributed by atoms with E-state index in [0.29, 0.717) is 17.3 Å². The second-order valence-corrected chi connectivity index (χ2v) is 6.22. The summed E-state index contributed by atoms with van der Waals surface area (Å²) in [7, 11) is 1.60. The van der Waals surface area contributed by atoms with Gasteiger partial charge in [0.15, 0.2) is 6.61 Å². The first-order chi connectivity index (χ1) is 13.2. The van der Waals surface area contributed by atoms with Crippen molar-refractivity contribution in [3.05, 3.63) is 83.6 Å². The molecule has 0 atom stereocenters. The van der Waals surface area contributed by atoms with Gasteiger partial charge in [0.25, 0.3) is 5.91 Å². The number of amides is 1. The molecule has 27 heavy (non-hydrogen) atoms. The molecule has 0 bridgehead atoms. The molecule has 0 aliphatic rings. The zero-order valence-corrected chi connectivity index (χ0v) is 15.6. The molecule has 6 heteroatoms. The van der Waals surface area contributed by atoms with Crippen molar-refractivity contribution < 1.29 is 14.3 Å². The summed E-state index contributed by atoms with van der Waals surface area (Å²) in [6.45, 7) is 0.302. The summed E-state index contributed by atoms with van der Waals surface area (Å²) in [6, 6.07) is 18.0. The second-order valence-electron chi connectivity index (χ2n) is 5.78. The fourth-order valence-electron chi connectivity index (χ4n) is 2.51. The fraction of sp³-hybridized carbons (Fsp3) is 0.143. The number of carbonyl (C=O) groups is 1. The van der Waals surface area contributed by atoms with Crippen LogP contribution in [0.2, 0.25) is 5.02 Å². The number of ether oxygens (including phenoxy) is 2. The lowest BCUT2D eigenvalue weighted by atomic mass is 10.2.